The molecule has 102 valence electrons. The fourth-order valence-corrected chi connectivity index (χ4v) is 2.43. The van der Waals surface area contributed by atoms with Gasteiger partial charge in [-0.1, -0.05) is 34.6 Å². The average Bonchev–Trinajstić information content (AvgIpc) is 2.15. The second-order valence-electron chi connectivity index (χ2n) is 6.95. The maximum atomic E-state index is 6.16. The van der Waals surface area contributed by atoms with Gasteiger partial charge in [0, 0.05) is 6.61 Å². The molecule has 0 aliphatic carbocycles. The van der Waals surface area contributed by atoms with E-state index in [0.717, 1.165) is 25.9 Å². The molecule has 0 bridgehead atoms. The predicted octanol–water partition coefficient (Wildman–Crippen LogP) is 4.38. The van der Waals surface area contributed by atoms with Crippen molar-refractivity contribution in [3.63, 3.8) is 0 Å². The van der Waals surface area contributed by atoms with Crippen molar-refractivity contribution < 1.29 is 9.47 Å². The first kappa shape index (κ1) is 15.0. The minimum absolute atomic E-state index is 0.0508. The summed E-state index contributed by atoms with van der Waals surface area (Å²) >= 11 is 0. The van der Waals surface area contributed by atoms with E-state index in [1.165, 1.54) is 12.8 Å². The molecule has 1 saturated heterocycles. The van der Waals surface area contributed by atoms with Crippen LogP contribution in [-0.4, -0.2) is 19.0 Å². The van der Waals surface area contributed by atoms with E-state index in [-0.39, 0.29) is 6.29 Å². The third-order valence-corrected chi connectivity index (χ3v) is 3.06. The predicted molar refractivity (Wildman–Crippen MR) is 72.0 cm³/mol. The molecule has 2 atom stereocenters. The molecule has 0 aromatic heterocycles. The molecule has 0 radical (unpaired) electrons. The first-order chi connectivity index (χ1) is 7.87. The minimum atomic E-state index is 0.0508. The topological polar surface area (TPSA) is 18.5 Å². The third kappa shape index (κ3) is 7.05. The molecule has 1 aliphatic rings. The average molecular weight is 242 g/mol. The van der Waals surface area contributed by atoms with Crippen LogP contribution in [0.15, 0.2) is 0 Å². The monoisotopic (exact) mass is 242 g/mol. The van der Waals surface area contributed by atoms with Crippen LogP contribution < -0.4 is 0 Å². The van der Waals surface area contributed by atoms with Crippen LogP contribution in [0.5, 0.6) is 0 Å². The summed E-state index contributed by atoms with van der Waals surface area (Å²) in [5, 5.41) is 0. The Morgan fingerprint density at radius 1 is 1.24 bits per heavy atom. The van der Waals surface area contributed by atoms with Crippen molar-refractivity contribution in [3.05, 3.63) is 0 Å². The van der Waals surface area contributed by atoms with Crippen molar-refractivity contribution in [3.8, 4) is 0 Å². The Morgan fingerprint density at radius 3 is 2.41 bits per heavy atom. The van der Waals surface area contributed by atoms with Crippen molar-refractivity contribution in [2.24, 2.45) is 11.3 Å². The molecular formula is C15H30O2. The van der Waals surface area contributed by atoms with E-state index in [0.29, 0.717) is 17.4 Å². The molecule has 1 fully saturated rings. The molecule has 1 rings (SSSR count). The van der Waals surface area contributed by atoms with Crippen LogP contribution in [0.1, 0.15) is 66.7 Å². The van der Waals surface area contributed by atoms with Gasteiger partial charge in [0.15, 0.2) is 6.29 Å². The summed E-state index contributed by atoms with van der Waals surface area (Å²) in [5.41, 5.74) is 0.328. The fourth-order valence-electron chi connectivity index (χ4n) is 2.43. The lowest BCUT2D eigenvalue weighted by atomic mass is 9.86. The summed E-state index contributed by atoms with van der Waals surface area (Å²) in [5.74, 6) is 0.686. The first-order valence-corrected chi connectivity index (χ1v) is 7.14. The standard InChI is InChI=1S/C15H30O2/c1-12(2)10-13(11-15(3,4)5)17-14-8-6-7-9-16-14/h12-14H,6-11H2,1-5H3. The quantitative estimate of drug-likeness (QED) is 0.712. The molecule has 0 saturated carbocycles. The van der Waals surface area contributed by atoms with E-state index in [4.69, 9.17) is 9.47 Å². The Morgan fingerprint density at radius 2 is 1.94 bits per heavy atom. The Bertz CT molecular complexity index is 199. The van der Waals surface area contributed by atoms with E-state index in [1.807, 2.05) is 0 Å². The van der Waals surface area contributed by atoms with Gasteiger partial charge in [0.05, 0.1) is 6.10 Å². The largest absolute Gasteiger partial charge is 0.353 e. The van der Waals surface area contributed by atoms with Crippen molar-refractivity contribution in [1.29, 1.82) is 0 Å². The second kappa shape index (κ2) is 6.75. The summed E-state index contributed by atoms with van der Waals surface area (Å²) < 4.78 is 11.8. The van der Waals surface area contributed by atoms with Crippen molar-refractivity contribution in [2.75, 3.05) is 6.61 Å². The molecular weight excluding hydrogens is 212 g/mol. The van der Waals surface area contributed by atoms with E-state index in [1.54, 1.807) is 0 Å². The summed E-state index contributed by atoms with van der Waals surface area (Å²) in [7, 11) is 0. The number of hydrogen-bond donors (Lipinski definition) is 0. The zero-order valence-corrected chi connectivity index (χ0v) is 12.3. The van der Waals surface area contributed by atoms with Crippen LogP contribution in [0.25, 0.3) is 0 Å². The van der Waals surface area contributed by atoms with Gasteiger partial charge in [-0.15, -0.1) is 0 Å². The van der Waals surface area contributed by atoms with Crippen LogP contribution in [0, 0.1) is 11.3 Å². The van der Waals surface area contributed by atoms with Crippen molar-refractivity contribution >= 4 is 0 Å². The van der Waals surface area contributed by atoms with Crippen molar-refractivity contribution in [2.45, 2.75) is 79.1 Å². The molecule has 2 unspecified atom stereocenters. The highest BCUT2D eigenvalue weighted by atomic mass is 16.7. The normalized spacial score (nSPS) is 24.0. The van der Waals surface area contributed by atoms with Crippen LogP contribution in [0.3, 0.4) is 0 Å². The van der Waals surface area contributed by atoms with Gasteiger partial charge >= 0.3 is 0 Å². The smallest absolute Gasteiger partial charge is 0.157 e. The minimum Gasteiger partial charge on any atom is -0.353 e. The Hall–Kier alpha value is -0.0800. The van der Waals surface area contributed by atoms with Gasteiger partial charge in [-0.2, -0.15) is 0 Å². The van der Waals surface area contributed by atoms with Gasteiger partial charge in [0.1, 0.15) is 0 Å². The molecule has 0 aromatic rings. The van der Waals surface area contributed by atoms with Gasteiger partial charge in [-0.05, 0) is 43.4 Å². The van der Waals surface area contributed by atoms with Gasteiger partial charge in [0.2, 0.25) is 0 Å². The third-order valence-electron chi connectivity index (χ3n) is 3.06. The van der Waals surface area contributed by atoms with E-state index < -0.39 is 0 Å². The lowest BCUT2D eigenvalue weighted by molar-refractivity contribution is -0.195. The molecule has 1 aliphatic heterocycles. The number of rotatable bonds is 5. The highest BCUT2D eigenvalue weighted by Crippen LogP contribution is 2.28. The first-order valence-electron chi connectivity index (χ1n) is 7.14. The second-order valence-corrected chi connectivity index (χ2v) is 6.95. The van der Waals surface area contributed by atoms with E-state index in [9.17, 15) is 0 Å². The maximum Gasteiger partial charge on any atom is 0.157 e. The highest BCUT2D eigenvalue weighted by molar-refractivity contribution is 4.72. The van der Waals surface area contributed by atoms with Crippen LogP contribution in [0.4, 0.5) is 0 Å². The van der Waals surface area contributed by atoms with Crippen LogP contribution in [0.2, 0.25) is 0 Å². The lowest BCUT2D eigenvalue weighted by Crippen LogP contribution is -2.31. The molecule has 0 amide bonds. The van der Waals surface area contributed by atoms with Gasteiger partial charge in [0.25, 0.3) is 0 Å². The zero-order chi connectivity index (χ0) is 12.9. The SMILES string of the molecule is CC(C)CC(CC(C)(C)C)OC1CCCCO1. The molecule has 2 heteroatoms. The maximum absolute atomic E-state index is 6.16. The van der Waals surface area contributed by atoms with Crippen molar-refractivity contribution in [1.82, 2.24) is 0 Å². The molecule has 0 N–H and O–H groups in total. The zero-order valence-electron chi connectivity index (χ0n) is 12.3. The summed E-state index contributed by atoms with van der Waals surface area (Å²) in [6.07, 6.45) is 6.15. The van der Waals surface area contributed by atoms with Gasteiger partial charge < -0.3 is 9.47 Å². The van der Waals surface area contributed by atoms with E-state index >= 15 is 0 Å². The fraction of sp³-hybridized carbons (Fsp3) is 1.00. The Balaban J connectivity index is 2.44. The van der Waals surface area contributed by atoms with Gasteiger partial charge in [-0.3, -0.25) is 0 Å². The molecule has 1 heterocycles. The van der Waals surface area contributed by atoms with Crippen LogP contribution in [-0.2, 0) is 9.47 Å². The molecule has 2 nitrogen and oxygen atoms in total. The van der Waals surface area contributed by atoms with E-state index in [2.05, 4.69) is 34.6 Å². The Labute approximate surface area is 107 Å². The lowest BCUT2D eigenvalue weighted by Gasteiger charge is -2.32. The molecule has 17 heavy (non-hydrogen) atoms. The number of hydrogen-bond acceptors (Lipinski definition) is 2. The summed E-state index contributed by atoms with van der Waals surface area (Å²) in [4.78, 5) is 0. The Kier molecular flexibility index (Phi) is 5.94. The molecule has 0 spiro atoms. The van der Waals surface area contributed by atoms with Gasteiger partial charge in [-0.25, -0.2) is 0 Å². The highest BCUT2D eigenvalue weighted by Gasteiger charge is 2.24. The summed E-state index contributed by atoms with van der Waals surface area (Å²) in [6.45, 7) is 12.2. The number of ether oxygens (including phenoxy) is 2. The summed E-state index contributed by atoms with van der Waals surface area (Å²) in [6, 6.07) is 0. The molecule has 0 aromatic carbocycles. The van der Waals surface area contributed by atoms with Crippen LogP contribution >= 0.6 is 0 Å².